The number of anilines is 1. The van der Waals surface area contributed by atoms with Gasteiger partial charge in [0.1, 0.15) is 11.9 Å². The second-order valence-electron chi connectivity index (χ2n) is 6.98. The van der Waals surface area contributed by atoms with Gasteiger partial charge in [-0.1, -0.05) is 11.6 Å². The molecule has 3 aromatic heterocycles. The number of hydrogen-bond acceptors (Lipinski definition) is 7. The average molecular weight is 478 g/mol. The molecule has 3 heterocycles. The molecular formula is C19H20ClN7O4S. The number of amides is 4. The Balaban J connectivity index is 1.63. The van der Waals surface area contributed by atoms with Crippen molar-refractivity contribution in [2.75, 3.05) is 26.0 Å². The number of aromatic nitrogens is 3. The Morgan fingerprint density at radius 3 is 2.56 bits per heavy atom. The van der Waals surface area contributed by atoms with Crippen LogP contribution in [0.25, 0.3) is 10.2 Å². The van der Waals surface area contributed by atoms with Crippen LogP contribution in [0.15, 0.2) is 30.7 Å². The number of carbonyl (C=O) groups is 4. The monoisotopic (exact) mass is 477 g/mol. The predicted octanol–water partition coefficient (Wildman–Crippen LogP) is 0.625. The van der Waals surface area contributed by atoms with Crippen molar-refractivity contribution in [3.8, 4) is 0 Å². The summed E-state index contributed by atoms with van der Waals surface area (Å²) in [5.74, 6) is -2.85. The van der Waals surface area contributed by atoms with Gasteiger partial charge in [-0.2, -0.15) is 0 Å². The van der Waals surface area contributed by atoms with E-state index in [1.54, 1.807) is 6.20 Å². The van der Waals surface area contributed by atoms with Crippen LogP contribution in [0, 0.1) is 0 Å². The van der Waals surface area contributed by atoms with E-state index >= 15 is 0 Å². The number of nitrogens with one attached hydrogen (secondary N) is 3. The van der Waals surface area contributed by atoms with Crippen molar-refractivity contribution >= 4 is 62.6 Å². The standard InChI is InChI=1S/C19H20ClN7O4S/c1-26(2)19(31)11(23-17(30)18-24-12-8-27(3)9-13(12)32-18)7-22-15(28)16(29)25-14-5-4-10(20)6-21-14/h4-6,8-9,11H,7H2,1-3H3,(H,22,28)(H,23,30)(H,21,25,29). The van der Waals surface area contributed by atoms with Crippen molar-refractivity contribution in [3.05, 3.63) is 40.8 Å². The number of aryl methyl sites for hydroxylation is 1. The summed E-state index contributed by atoms with van der Waals surface area (Å²) >= 11 is 6.91. The van der Waals surface area contributed by atoms with Gasteiger partial charge in [0.2, 0.25) is 5.91 Å². The van der Waals surface area contributed by atoms with Crippen LogP contribution >= 0.6 is 22.9 Å². The molecule has 0 bridgehead atoms. The maximum absolute atomic E-state index is 12.6. The number of carbonyl (C=O) groups excluding carboxylic acids is 4. The van der Waals surface area contributed by atoms with Crippen LogP contribution in [0.4, 0.5) is 5.82 Å². The fraction of sp³-hybridized carbons (Fsp3) is 0.263. The number of likely N-dealkylation sites (N-methyl/N-ethyl adjacent to an activating group) is 1. The van der Waals surface area contributed by atoms with Crippen molar-refractivity contribution in [1.82, 2.24) is 30.1 Å². The van der Waals surface area contributed by atoms with Gasteiger partial charge in [-0.3, -0.25) is 19.2 Å². The fourth-order valence-corrected chi connectivity index (χ4v) is 3.71. The zero-order valence-corrected chi connectivity index (χ0v) is 19.0. The first-order valence-corrected chi connectivity index (χ1v) is 10.5. The van der Waals surface area contributed by atoms with Crippen molar-refractivity contribution in [2.24, 2.45) is 7.05 Å². The number of nitrogens with zero attached hydrogens (tertiary/aromatic N) is 4. The molecule has 3 aromatic rings. The number of rotatable bonds is 6. The molecule has 0 aliphatic carbocycles. The van der Waals surface area contributed by atoms with Crippen LogP contribution in [0.1, 0.15) is 9.80 Å². The lowest BCUT2D eigenvalue weighted by atomic mass is 10.2. The van der Waals surface area contributed by atoms with E-state index in [4.69, 9.17) is 11.6 Å². The average Bonchev–Trinajstić information content (AvgIpc) is 3.29. The summed E-state index contributed by atoms with van der Waals surface area (Å²) < 4.78 is 2.66. The first kappa shape index (κ1) is 23.2. The van der Waals surface area contributed by atoms with Crippen molar-refractivity contribution < 1.29 is 19.2 Å². The molecule has 32 heavy (non-hydrogen) atoms. The van der Waals surface area contributed by atoms with Gasteiger partial charge < -0.3 is 25.4 Å². The summed E-state index contributed by atoms with van der Waals surface area (Å²) in [7, 11) is 4.88. The summed E-state index contributed by atoms with van der Waals surface area (Å²) in [6.45, 7) is -0.296. The highest BCUT2D eigenvalue weighted by molar-refractivity contribution is 7.20. The normalized spacial score (nSPS) is 11.6. The fourth-order valence-electron chi connectivity index (χ4n) is 2.67. The van der Waals surface area contributed by atoms with Gasteiger partial charge in [-0.05, 0) is 12.1 Å². The van der Waals surface area contributed by atoms with Crippen LogP contribution in [0.3, 0.4) is 0 Å². The first-order valence-electron chi connectivity index (χ1n) is 9.29. The third-order valence-corrected chi connectivity index (χ3v) is 5.44. The Morgan fingerprint density at radius 1 is 1.19 bits per heavy atom. The molecular weight excluding hydrogens is 458 g/mol. The number of hydrogen-bond donors (Lipinski definition) is 3. The highest BCUT2D eigenvalue weighted by atomic mass is 35.5. The molecule has 0 aliphatic heterocycles. The minimum atomic E-state index is -1.10. The molecule has 0 saturated carbocycles. The van der Waals surface area contributed by atoms with Gasteiger partial charge in [-0.15, -0.1) is 11.3 Å². The van der Waals surface area contributed by atoms with E-state index in [0.717, 1.165) is 4.70 Å². The van der Waals surface area contributed by atoms with Crippen LogP contribution < -0.4 is 16.0 Å². The lowest BCUT2D eigenvalue weighted by Gasteiger charge is -2.21. The number of pyridine rings is 1. The largest absolute Gasteiger partial charge is 0.354 e. The molecule has 4 amide bonds. The van der Waals surface area contributed by atoms with Crippen LogP contribution in [-0.2, 0) is 21.4 Å². The van der Waals surface area contributed by atoms with E-state index in [1.807, 2.05) is 17.8 Å². The molecule has 0 radical (unpaired) electrons. The third kappa shape index (κ3) is 5.59. The topological polar surface area (TPSA) is 138 Å². The van der Waals surface area contributed by atoms with Crippen molar-refractivity contribution in [3.63, 3.8) is 0 Å². The molecule has 11 nitrogen and oxygen atoms in total. The predicted molar refractivity (Wildman–Crippen MR) is 119 cm³/mol. The SMILES string of the molecule is CN(C)C(=O)C(CNC(=O)C(=O)Nc1ccc(Cl)cn1)NC(=O)c1nc2cn(C)cc2s1. The van der Waals surface area contributed by atoms with Crippen molar-refractivity contribution in [2.45, 2.75) is 6.04 Å². The summed E-state index contributed by atoms with van der Waals surface area (Å²) in [5.41, 5.74) is 0.666. The second-order valence-corrected chi connectivity index (χ2v) is 8.44. The van der Waals surface area contributed by atoms with Crippen molar-refractivity contribution in [1.29, 1.82) is 0 Å². The van der Waals surface area contributed by atoms with Crippen LogP contribution in [-0.4, -0.2) is 69.7 Å². The summed E-state index contributed by atoms with van der Waals surface area (Å²) in [6, 6.07) is 1.84. The van der Waals surface area contributed by atoms with Gasteiger partial charge in [0.15, 0.2) is 5.01 Å². The molecule has 3 rings (SSSR count). The molecule has 0 aliphatic rings. The second kappa shape index (κ2) is 9.75. The molecule has 1 atom stereocenters. The van der Waals surface area contributed by atoms with E-state index in [9.17, 15) is 19.2 Å². The zero-order chi connectivity index (χ0) is 23.4. The minimum Gasteiger partial charge on any atom is -0.354 e. The highest BCUT2D eigenvalue weighted by Gasteiger charge is 2.26. The van der Waals surface area contributed by atoms with Crippen LogP contribution in [0.2, 0.25) is 5.02 Å². The third-order valence-electron chi connectivity index (χ3n) is 4.21. The quantitative estimate of drug-likeness (QED) is 0.445. The smallest absolute Gasteiger partial charge is 0.314 e. The first-order chi connectivity index (χ1) is 15.1. The zero-order valence-electron chi connectivity index (χ0n) is 17.4. The molecule has 0 saturated heterocycles. The molecule has 0 aromatic carbocycles. The van der Waals surface area contributed by atoms with E-state index in [2.05, 4.69) is 25.9 Å². The molecule has 0 fully saturated rings. The van der Waals surface area contributed by atoms with Gasteiger partial charge >= 0.3 is 11.8 Å². The van der Waals surface area contributed by atoms with E-state index in [0.29, 0.717) is 10.5 Å². The highest BCUT2D eigenvalue weighted by Crippen LogP contribution is 2.22. The van der Waals surface area contributed by atoms with E-state index in [1.165, 1.54) is 48.7 Å². The van der Waals surface area contributed by atoms with Gasteiger partial charge in [0, 0.05) is 46.3 Å². The maximum Gasteiger partial charge on any atom is 0.314 e. The Kier molecular flexibility index (Phi) is 7.05. The Morgan fingerprint density at radius 2 is 1.94 bits per heavy atom. The Hall–Kier alpha value is -3.51. The van der Waals surface area contributed by atoms with Crippen LogP contribution in [0.5, 0.6) is 0 Å². The van der Waals surface area contributed by atoms with E-state index < -0.39 is 29.7 Å². The summed E-state index contributed by atoms with van der Waals surface area (Å²) in [4.78, 5) is 58.7. The molecule has 13 heteroatoms. The van der Waals surface area contributed by atoms with Gasteiger partial charge in [0.05, 0.1) is 15.2 Å². The maximum atomic E-state index is 12.6. The van der Waals surface area contributed by atoms with Gasteiger partial charge in [-0.25, -0.2) is 9.97 Å². The Bertz CT molecular complexity index is 1140. The lowest BCUT2D eigenvalue weighted by molar-refractivity contribution is -0.136. The molecule has 168 valence electrons. The summed E-state index contributed by atoms with van der Waals surface area (Å²) in [6.07, 6.45) is 4.93. The molecule has 1 unspecified atom stereocenters. The minimum absolute atomic E-state index is 0.139. The number of thiazole rings is 1. The van der Waals surface area contributed by atoms with E-state index in [-0.39, 0.29) is 17.4 Å². The summed E-state index contributed by atoms with van der Waals surface area (Å²) in [5, 5.41) is 7.79. The van der Waals surface area contributed by atoms with Gasteiger partial charge in [0.25, 0.3) is 5.91 Å². The molecule has 3 N–H and O–H groups in total. The Labute approximate surface area is 191 Å². The lowest BCUT2D eigenvalue weighted by Crippen LogP contribution is -2.53. The number of fused-ring (bicyclic) bond motifs is 1. The number of halogens is 1. The molecule has 0 spiro atoms.